The number of halogens is 1. The summed E-state index contributed by atoms with van der Waals surface area (Å²) in [5.41, 5.74) is -0.283. The molecule has 1 N–H and O–H groups in total. The van der Waals surface area contributed by atoms with Gasteiger partial charge in [0, 0.05) is 5.88 Å². The number of hydrogen-bond acceptors (Lipinski definition) is 1. The van der Waals surface area contributed by atoms with Gasteiger partial charge in [0.15, 0.2) is 0 Å². The van der Waals surface area contributed by atoms with Crippen molar-refractivity contribution in [3.8, 4) is 0 Å². The minimum Gasteiger partial charge on any atom is -0.389 e. The standard InChI is InChI=1S/C16H27ClO/c17-6-4-2-1-3-5-16(18)14-8-12-7-13(10-14)11-15(16)9-12/h12-15,18H,1-11H2. The molecule has 104 valence electrons. The molecule has 4 aliphatic rings. The van der Waals surface area contributed by atoms with Crippen molar-refractivity contribution >= 4 is 11.6 Å². The largest absolute Gasteiger partial charge is 0.389 e. The van der Waals surface area contributed by atoms with Crippen LogP contribution >= 0.6 is 11.6 Å². The molecule has 4 rings (SSSR count). The number of alkyl halides is 1. The fraction of sp³-hybridized carbons (Fsp3) is 1.00. The van der Waals surface area contributed by atoms with Crippen LogP contribution in [0.25, 0.3) is 0 Å². The predicted octanol–water partition coefficient (Wildman–Crippen LogP) is 4.36. The molecular weight excluding hydrogens is 244 g/mol. The predicted molar refractivity (Wildman–Crippen MR) is 75.8 cm³/mol. The maximum absolute atomic E-state index is 11.1. The molecule has 4 aliphatic carbocycles. The highest BCUT2D eigenvalue weighted by atomic mass is 35.5. The van der Waals surface area contributed by atoms with Gasteiger partial charge in [-0.1, -0.05) is 19.3 Å². The third-order valence-electron chi connectivity index (χ3n) is 6.01. The summed E-state index contributed by atoms with van der Waals surface area (Å²) in [5, 5.41) is 11.1. The van der Waals surface area contributed by atoms with Crippen LogP contribution in [0.3, 0.4) is 0 Å². The summed E-state index contributed by atoms with van der Waals surface area (Å²) in [5.74, 6) is 4.00. The highest BCUT2D eigenvalue weighted by molar-refractivity contribution is 6.17. The SMILES string of the molecule is OC1(CCCCCCCl)C2CC3CC(C2)CC1C3. The van der Waals surface area contributed by atoms with E-state index in [4.69, 9.17) is 11.6 Å². The lowest BCUT2D eigenvalue weighted by molar-refractivity contribution is -0.176. The number of aliphatic hydroxyl groups is 1. The monoisotopic (exact) mass is 270 g/mol. The molecule has 4 saturated carbocycles. The Kier molecular flexibility index (Phi) is 3.92. The average Bonchev–Trinajstić information content (AvgIpc) is 2.35. The van der Waals surface area contributed by atoms with E-state index in [9.17, 15) is 5.11 Å². The van der Waals surface area contributed by atoms with Crippen LogP contribution in [0.5, 0.6) is 0 Å². The Labute approximate surface area is 116 Å². The first-order valence-corrected chi connectivity index (χ1v) is 8.54. The Morgan fingerprint density at radius 3 is 1.94 bits per heavy atom. The van der Waals surface area contributed by atoms with Crippen LogP contribution in [0.1, 0.15) is 64.2 Å². The Morgan fingerprint density at radius 1 is 0.833 bits per heavy atom. The first-order valence-electron chi connectivity index (χ1n) is 8.00. The molecule has 0 heterocycles. The van der Waals surface area contributed by atoms with E-state index in [1.165, 1.54) is 51.4 Å². The molecule has 0 saturated heterocycles. The van der Waals surface area contributed by atoms with Gasteiger partial charge in [-0.15, -0.1) is 11.6 Å². The lowest BCUT2D eigenvalue weighted by Crippen LogP contribution is -2.57. The van der Waals surface area contributed by atoms with Crippen molar-refractivity contribution in [2.75, 3.05) is 5.88 Å². The fourth-order valence-electron chi connectivity index (χ4n) is 5.26. The third-order valence-corrected chi connectivity index (χ3v) is 6.28. The van der Waals surface area contributed by atoms with Crippen LogP contribution < -0.4 is 0 Å². The molecule has 1 nitrogen and oxygen atoms in total. The van der Waals surface area contributed by atoms with Gasteiger partial charge < -0.3 is 5.11 Å². The van der Waals surface area contributed by atoms with Crippen LogP contribution in [0.4, 0.5) is 0 Å². The molecule has 18 heavy (non-hydrogen) atoms. The summed E-state index contributed by atoms with van der Waals surface area (Å²) in [6.45, 7) is 0. The maximum Gasteiger partial charge on any atom is 0.0704 e. The number of unbranched alkanes of at least 4 members (excludes halogenated alkanes) is 3. The molecule has 0 atom stereocenters. The molecular formula is C16H27ClO. The van der Waals surface area contributed by atoms with Gasteiger partial charge in [-0.3, -0.25) is 0 Å². The van der Waals surface area contributed by atoms with Crippen LogP contribution in [0.15, 0.2) is 0 Å². The maximum atomic E-state index is 11.1. The van der Waals surface area contributed by atoms with Crippen molar-refractivity contribution in [2.24, 2.45) is 23.7 Å². The molecule has 0 radical (unpaired) electrons. The molecule has 0 aromatic heterocycles. The zero-order valence-corrected chi connectivity index (χ0v) is 12.2. The molecule has 0 unspecified atom stereocenters. The average molecular weight is 271 g/mol. The van der Waals surface area contributed by atoms with Gasteiger partial charge in [-0.2, -0.15) is 0 Å². The van der Waals surface area contributed by atoms with Gasteiger partial charge in [0.05, 0.1) is 5.60 Å². The second-order valence-electron chi connectivity index (χ2n) is 7.15. The molecule has 4 fully saturated rings. The van der Waals surface area contributed by atoms with Crippen LogP contribution in [0.2, 0.25) is 0 Å². The molecule has 0 aromatic carbocycles. The Morgan fingerprint density at radius 2 is 1.39 bits per heavy atom. The van der Waals surface area contributed by atoms with Gasteiger partial charge in [0.1, 0.15) is 0 Å². The Hall–Kier alpha value is 0.250. The summed E-state index contributed by atoms with van der Waals surface area (Å²) in [6.07, 6.45) is 12.7. The van der Waals surface area contributed by atoms with E-state index < -0.39 is 0 Å². The minimum absolute atomic E-state index is 0.283. The lowest BCUT2D eigenvalue weighted by atomic mass is 9.49. The van der Waals surface area contributed by atoms with Crippen molar-refractivity contribution in [1.29, 1.82) is 0 Å². The molecule has 0 aliphatic heterocycles. The van der Waals surface area contributed by atoms with E-state index in [1.54, 1.807) is 0 Å². The van der Waals surface area contributed by atoms with Crippen LogP contribution in [-0.2, 0) is 0 Å². The quantitative estimate of drug-likeness (QED) is 0.562. The van der Waals surface area contributed by atoms with E-state index >= 15 is 0 Å². The lowest BCUT2D eigenvalue weighted by Gasteiger charge is -2.59. The van der Waals surface area contributed by atoms with E-state index in [0.29, 0.717) is 11.8 Å². The normalized spacial score (nSPS) is 45.7. The van der Waals surface area contributed by atoms with Gasteiger partial charge >= 0.3 is 0 Å². The number of hydrogen-bond donors (Lipinski definition) is 1. The van der Waals surface area contributed by atoms with E-state index in [-0.39, 0.29) is 5.60 Å². The second kappa shape index (κ2) is 5.32. The smallest absolute Gasteiger partial charge is 0.0704 e. The Balaban J connectivity index is 1.54. The summed E-state index contributed by atoms with van der Waals surface area (Å²) >= 11 is 5.71. The third kappa shape index (κ3) is 2.33. The van der Waals surface area contributed by atoms with Crippen molar-refractivity contribution in [3.05, 3.63) is 0 Å². The minimum atomic E-state index is -0.283. The van der Waals surface area contributed by atoms with Gasteiger partial charge in [-0.05, 0) is 68.6 Å². The second-order valence-corrected chi connectivity index (χ2v) is 7.53. The summed E-state index contributed by atoms with van der Waals surface area (Å²) in [7, 11) is 0. The molecule has 0 aromatic rings. The summed E-state index contributed by atoms with van der Waals surface area (Å²) < 4.78 is 0. The molecule has 0 amide bonds. The molecule has 0 spiro atoms. The summed E-state index contributed by atoms with van der Waals surface area (Å²) in [6, 6.07) is 0. The van der Waals surface area contributed by atoms with Crippen molar-refractivity contribution in [2.45, 2.75) is 69.8 Å². The van der Waals surface area contributed by atoms with E-state index in [0.717, 1.165) is 30.6 Å². The zero-order valence-electron chi connectivity index (χ0n) is 11.4. The van der Waals surface area contributed by atoms with Crippen molar-refractivity contribution < 1.29 is 5.11 Å². The van der Waals surface area contributed by atoms with Gasteiger partial charge in [0.2, 0.25) is 0 Å². The highest BCUT2D eigenvalue weighted by Gasteiger charge is 2.55. The molecule has 2 heteroatoms. The van der Waals surface area contributed by atoms with E-state index in [2.05, 4.69) is 0 Å². The summed E-state index contributed by atoms with van der Waals surface area (Å²) in [4.78, 5) is 0. The Bertz CT molecular complexity index is 261. The highest BCUT2D eigenvalue weighted by Crippen LogP contribution is 2.59. The zero-order chi connectivity index (χ0) is 12.6. The van der Waals surface area contributed by atoms with Gasteiger partial charge in [-0.25, -0.2) is 0 Å². The molecule has 4 bridgehead atoms. The van der Waals surface area contributed by atoms with Crippen LogP contribution in [-0.4, -0.2) is 16.6 Å². The fourth-order valence-corrected chi connectivity index (χ4v) is 5.45. The van der Waals surface area contributed by atoms with Crippen molar-refractivity contribution in [1.82, 2.24) is 0 Å². The van der Waals surface area contributed by atoms with Crippen LogP contribution in [0, 0.1) is 23.7 Å². The number of rotatable bonds is 6. The first kappa shape index (κ1) is 13.2. The van der Waals surface area contributed by atoms with Gasteiger partial charge in [0.25, 0.3) is 0 Å². The first-order chi connectivity index (χ1) is 8.72. The van der Waals surface area contributed by atoms with Crippen molar-refractivity contribution in [3.63, 3.8) is 0 Å². The van der Waals surface area contributed by atoms with E-state index in [1.807, 2.05) is 0 Å². The topological polar surface area (TPSA) is 20.2 Å².